The minimum absolute atomic E-state index is 0.607. The van der Waals surface area contributed by atoms with Crippen LogP contribution in [0.2, 0.25) is 0 Å². The van der Waals surface area contributed by atoms with E-state index in [0.29, 0.717) is 12.1 Å². The zero-order chi connectivity index (χ0) is 15.4. The molecular formula is C17H31N3O. The highest BCUT2D eigenvalue weighted by atomic mass is 16.3. The van der Waals surface area contributed by atoms with Gasteiger partial charge in [-0.2, -0.15) is 0 Å². The zero-order valence-corrected chi connectivity index (χ0v) is 14.3. The van der Waals surface area contributed by atoms with Crippen molar-refractivity contribution in [1.29, 1.82) is 0 Å². The van der Waals surface area contributed by atoms with Crippen LogP contribution < -0.4 is 5.32 Å². The fraction of sp³-hybridized carbons (Fsp3) is 0.765. The van der Waals surface area contributed by atoms with Crippen LogP contribution >= 0.6 is 0 Å². The van der Waals surface area contributed by atoms with E-state index in [1.807, 2.05) is 0 Å². The lowest BCUT2D eigenvalue weighted by Crippen LogP contribution is -2.54. The van der Waals surface area contributed by atoms with Gasteiger partial charge in [0, 0.05) is 25.2 Å². The van der Waals surface area contributed by atoms with Crippen molar-refractivity contribution in [2.45, 2.75) is 59.3 Å². The van der Waals surface area contributed by atoms with Gasteiger partial charge in [-0.3, -0.25) is 9.80 Å². The Kier molecular flexibility index (Phi) is 5.85. The number of hydrogen-bond donors (Lipinski definition) is 1. The minimum atomic E-state index is 0.607. The smallest absolute Gasteiger partial charge is 0.120 e. The molecule has 0 amide bonds. The first-order valence-electron chi connectivity index (χ1n) is 8.24. The lowest BCUT2D eigenvalue weighted by molar-refractivity contribution is 0.0516. The zero-order valence-electron chi connectivity index (χ0n) is 14.3. The largest absolute Gasteiger partial charge is 0.463 e. The standard InChI is InChI=1S/C17H31N3O/c1-6-7-18-9-17-13(2)8-16(21-17)12-20-10-14(3)19(5)15(4)11-20/h8,14-15,18H,6-7,9-12H2,1-5H3. The fourth-order valence-electron chi connectivity index (χ4n) is 3.09. The number of rotatable bonds is 6. The van der Waals surface area contributed by atoms with Crippen molar-refractivity contribution in [3.63, 3.8) is 0 Å². The molecular weight excluding hydrogens is 262 g/mol. The Morgan fingerprint density at radius 3 is 2.57 bits per heavy atom. The van der Waals surface area contributed by atoms with E-state index in [2.05, 4.69) is 55.9 Å². The van der Waals surface area contributed by atoms with Crippen molar-refractivity contribution in [2.24, 2.45) is 0 Å². The number of aryl methyl sites for hydroxylation is 1. The van der Waals surface area contributed by atoms with Crippen LogP contribution in [0.25, 0.3) is 0 Å². The molecule has 120 valence electrons. The van der Waals surface area contributed by atoms with Gasteiger partial charge in [0.1, 0.15) is 11.5 Å². The molecule has 0 bridgehead atoms. The molecule has 4 heteroatoms. The maximum atomic E-state index is 6.04. The summed E-state index contributed by atoms with van der Waals surface area (Å²) in [4.78, 5) is 4.97. The molecule has 0 spiro atoms. The summed E-state index contributed by atoms with van der Waals surface area (Å²) in [5, 5.41) is 3.42. The van der Waals surface area contributed by atoms with Gasteiger partial charge in [-0.15, -0.1) is 0 Å². The minimum Gasteiger partial charge on any atom is -0.463 e. The Bertz CT molecular complexity index is 431. The molecule has 1 saturated heterocycles. The van der Waals surface area contributed by atoms with E-state index >= 15 is 0 Å². The highest BCUT2D eigenvalue weighted by molar-refractivity contribution is 5.20. The average Bonchev–Trinajstić information content (AvgIpc) is 2.76. The molecule has 2 unspecified atom stereocenters. The summed E-state index contributed by atoms with van der Waals surface area (Å²) in [6.07, 6.45) is 1.16. The van der Waals surface area contributed by atoms with Crippen molar-refractivity contribution in [3.05, 3.63) is 23.2 Å². The van der Waals surface area contributed by atoms with Crippen molar-refractivity contribution < 1.29 is 4.42 Å². The molecule has 21 heavy (non-hydrogen) atoms. The van der Waals surface area contributed by atoms with Crippen molar-refractivity contribution in [1.82, 2.24) is 15.1 Å². The number of likely N-dealkylation sites (N-methyl/N-ethyl adjacent to an activating group) is 1. The molecule has 0 aromatic carbocycles. The summed E-state index contributed by atoms with van der Waals surface area (Å²) in [7, 11) is 2.22. The summed E-state index contributed by atoms with van der Waals surface area (Å²) in [5.74, 6) is 2.19. The molecule has 2 rings (SSSR count). The van der Waals surface area contributed by atoms with Crippen LogP contribution in [0.3, 0.4) is 0 Å². The summed E-state index contributed by atoms with van der Waals surface area (Å²) in [6.45, 7) is 14.0. The second kappa shape index (κ2) is 7.43. The van der Waals surface area contributed by atoms with Crippen LogP contribution in [-0.2, 0) is 13.1 Å². The molecule has 0 radical (unpaired) electrons. The van der Waals surface area contributed by atoms with Crippen LogP contribution in [0.15, 0.2) is 10.5 Å². The third kappa shape index (κ3) is 4.31. The Morgan fingerprint density at radius 1 is 1.29 bits per heavy atom. The van der Waals surface area contributed by atoms with Crippen molar-refractivity contribution >= 4 is 0 Å². The van der Waals surface area contributed by atoms with E-state index in [1.165, 1.54) is 5.56 Å². The maximum absolute atomic E-state index is 6.04. The third-order valence-electron chi connectivity index (χ3n) is 4.60. The van der Waals surface area contributed by atoms with Gasteiger partial charge in [0.2, 0.25) is 0 Å². The first kappa shape index (κ1) is 16.5. The predicted molar refractivity (Wildman–Crippen MR) is 87.4 cm³/mol. The fourth-order valence-corrected chi connectivity index (χ4v) is 3.09. The van der Waals surface area contributed by atoms with E-state index < -0.39 is 0 Å². The van der Waals surface area contributed by atoms with Gasteiger partial charge in [0.05, 0.1) is 13.1 Å². The molecule has 0 saturated carbocycles. The molecule has 1 aliphatic rings. The van der Waals surface area contributed by atoms with Gasteiger partial charge in [-0.05, 0) is 52.4 Å². The third-order valence-corrected chi connectivity index (χ3v) is 4.60. The molecule has 2 heterocycles. The van der Waals surface area contributed by atoms with Gasteiger partial charge < -0.3 is 9.73 Å². The second-order valence-electron chi connectivity index (χ2n) is 6.55. The van der Waals surface area contributed by atoms with Gasteiger partial charge in [0.25, 0.3) is 0 Å². The second-order valence-corrected chi connectivity index (χ2v) is 6.55. The highest BCUT2D eigenvalue weighted by Crippen LogP contribution is 2.20. The van der Waals surface area contributed by atoms with Crippen LogP contribution in [0, 0.1) is 6.92 Å². The molecule has 0 aliphatic carbocycles. The van der Waals surface area contributed by atoms with Crippen molar-refractivity contribution in [2.75, 3.05) is 26.7 Å². The molecule has 1 fully saturated rings. The Labute approximate surface area is 129 Å². The van der Waals surface area contributed by atoms with E-state index in [0.717, 1.165) is 50.7 Å². The molecule has 1 aromatic heterocycles. The summed E-state index contributed by atoms with van der Waals surface area (Å²) < 4.78 is 6.04. The molecule has 1 aliphatic heterocycles. The lowest BCUT2D eigenvalue weighted by Gasteiger charge is -2.42. The number of nitrogens with zero attached hydrogens (tertiary/aromatic N) is 2. The van der Waals surface area contributed by atoms with E-state index in [-0.39, 0.29) is 0 Å². The van der Waals surface area contributed by atoms with Crippen LogP contribution in [-0.4, -0.2) is 48.6 Å². The van der Waals surface area contributed by atoms with E-state index in [1.54, 1.807) is 0 Å². The molecule has 4 nitrogen and oxygen atoms in total. The first-order valence-corrected chi connectivity index (χ1v) is 8.24. The Hall–Kier alpha value is -0.840. The quantitative estimate of drug-likeness (QED) is 0.817. The highest BCUT2D eigenvalue weighted by Gasteiger charge is 2.27. The van der Waals surface area contributed by atoms with E-state index in [9.17, 15) is 0 Å². The topological polar surface area (TPSA) is 31.7 Å². The molecule has 1 aromatic rings. The maximum Gasteiger partial charge on any atom is 0.120 e. The summed E-state index contributed by atoms with van der Waals surface area (Å²) in [5.41, 5.74) is 1.27. The monoisotopic (exact) mass is 293 g/mol. The van der Waals surface area contributed by atoms with Gasteiger partial charge in [-0.25, -0.2) is 0 Å². The van der Waals surface area contributed by atoms with Crippen LogP contribution in [0.4, 0.5) is 0 Å². The van der Waals surface area contributed by atoms with Gasteiger partial charge in [0.15, 0.2) is 0 Å². The van der Waals surface area contributed by atoms with Crippen LogP contribution in [0.5, 0.6) is 0 Å². The number of piperazine rings is 1. The Morgan fingerprint density at radius 2 is 1.95 bits per heavy atom. The number of hydrogen-bond acceptors (Lipinski definition) is 4. The average molecular weight is 293 g/mol. The van der Waals surface area contributed by atoms with E-state index in [4.69, 9.17) is 4.42 Å². The first-order chi connectivity index (χ1) is 10.0. The number of furan rings is 1. The normalized spacial score (nSPS) is 24.6. The van der Waals surface area contributed by atoms with Gasteiger partial charge in [-0.1, -0.05) is 6.92 Å². The summed E-state index contributed by atoms with van der Waals surface area (Å²) in [6, 6.07) is 3.42. The molecule has 2 atom stereocenters. The van der Waals surface area contributed by atoms with Crippen LogP contribution in [0.1, 0.15) is 44.3 Å². The summed E-state index contributed by atoms with van der Waals surface area (Å²) >= 11 is 0. The lowest BCUT2D eigenvalue weighted by atomic mass is 10.1. The number of nitrogens with one attached hydrogen (secondary N) is 1. The Balaban J connectivity index is 1.92. The van der Waals surface area contributed by atoms with Crippen molar-refractivity contribution in [3.8, 4) is 0 Å². The predicted octanol–water partition coefficient (Wildman–Crippen LogP) is 2.61. The SMILES string of the molecule is CCCNCc1oc(CN2CC(C)N(C)C(C)C2)cc1C. The molecule has 1 N–H and O–H groups in total. The van der Waals surface area contributed by atoms with Gasteiger partial charge >= 0.3 is 0 Å².